The number of rotatable bonds is 36. The molecular weight excluding hydrogens is 796 g/mol. The van der Waals surface area contributed by atoms with Crippen LogP contribution in [0.15, 0.2) is 54.6 Å². The van der Waals surface area contributed by atoms with Crippen molar-refractivity contribution in [2.24, 2.45) is 0 Å². The van der Waals surface area contributed by atoms with Gasteiger partial charge in [-0.2, -0.15) is 0 Å². The molecule has 0 bridgehead atoms. The fourth-order valence-corrected chi connectivity index (χ4v) is 10.4. The second kappa shape index (κ2) is 29.4. The fraction of sp³-hybridized carbons (Fsp3) is 0.667. The topological polar surface area (TPSA) is 50.8 Å². The van der Waals surface area contributed by atoms with Crippen LogP contribution in [0, 0.1) is 0 Å². The number of halogens is 1. The van der Waals surface area contributed by atoms with Gasteiger partial charge in [-0.25, -0.2) is 4.79 Å². The van der Waals surface area contributed by atoms with E-state index in [1.54, 1.807) is 0 Å². The Labute approximate surface area is 390 Å². The van der Waals surface area contributed by atoms with Crippen LogP contribution in [0.25, 0.3) is 0 Å². The molecule has 2 heterocycles. The number of unbranched alkanes of at least 4 members (excludes halogenated alkanes) is 30. The van der Waals surface area contributed by atoms with Gasteiger partial charge in [0.2, 0.25) is 0 Å². The van der Waals surface area contributed by atoms with Gasteiger partial charge in [-0.1, -0.05) is 236 Å². The number of hydrogen-bond donors (Lipinski definition) is 1. The molecule has 0 aromatic heterocycles. The van der Waals surface area contributed by atoms with Crippen molar-refractivity contribution in [3.8, 4) is 11.5 Å². The monoisotopic (exact) mass is 883 g/mol. The van der Waals surface area contributed by atoms with Crippen molar-refractivity contribution < 1.29 is 14.3 Å². The average molecular weight is 884 g/mol. The minimum atomic E-state index is -1.11. The van der Waals surface area contributed by atoms with Crippen molar-refractivity contribution in [2.45, 2.75) is 225 Å². The second-order valence-corrected chi connectivity index (χ2v) is 19.5. The van der Waals surface area contributed by atoms with E-state index in [-0.39, 0.29) is 5.97 Å². The first kappa shape index (κ1) is 50.8. The number of anilines is 2. The number of nitrogens with one attached hydrogen (secondary N) is 1. The molecule has 0 amide bonds. The van der Waals surface area contributed by atoms with Gasteiger partial charge in [0.05, 0.1) is 16.3 Å². The zero-order valence-electron chi connectivity index (χ0n) is 40.3. The van der Waals surface area contributed by atoms with E-state index in [4.69, 9.17) is 21.1 Å². The number of esters is 1. The van der Waals surface area contributed by atoms with Gasteiger partial charge >= 0.3 is 5.97 Å². The SMILES string of the molecule is CCCCCCCCCCCCCCCCCCN(CCCCCCCCCCCCCCCCCC)c1ccc2c(c1)Oc1cc(Cl)c(NC)cc1C21OC(=O)c2ccccc21. The summed E-state index contributed by atoms with van der Waals surface area (Å²) < 4.78 is 13.2. The molecular formula is C57H87ClN2O3. The second-order valence-electron chi connectivity index (χ2n) is 19.1. The lowest BCUT2D eigenvalue weighted by molar-refractivity contribution is 0.0224. The van der Waals surface area contributed by atoms with Gasteiger partial charge in [-0.3, -0.25) is 0 Å². The Bertz CT molecular complexity index is 1710. The zero-order chi connectivity index (χ0) is 44.4. The highest BCUT2D eigenvalue weighted by atomic mass is 35.5. The van der Waals surface area contributed by atoms with Crippen molar-refractivity contribution in [2.75, 3.05) is 30.4 Å². The van der Waals surface area contributed by atoms with E-state index < -0.39 is 5.60 Å². The maximum absolute atomic E-state index is 13.5. The lowest BCUT2D eigenvalue weighted by Gasteiger charge is -2.37. The van der Waals surface area contributed by atoms with Crippen LogP contribution < -0.4 is 15.0 Å². The highest BCUT2D eigenvalue weighted by Crippen LogP contribution is 2.57. The summed E-state index contributed by atoms with van der Waals surface area (Å²) in [4.78, 5) is 16.1. The molecule has 0 saturated heterocycles. The fourth-order valence-electron chi connectivity index (χ4n) is 10.1. The Balaban J connectivity index is 1.13. The molecule has 1 unspecified atom stereocenters. The van der Waals surface area contributed by atoms with Crippen LogP contribution in [-0.4, -0.2) is 26.1 Å². The molecule has 3 aromatic rings. The van der Waals surface area contributed by atoms with E-state index >= 15 is 0 Å². The third-order valence-corrected chi connectivity index (χ3v) is 14.3. The highest BCUT2D eigenvalue weighted by molar-refractivity contribution is 6.33. The summed E-state index contributed by atoms with van der Waals surface area (Å²) in [5, 5.41) is 3.78. The Kier molecular flexibility index (Phi) is 23.7. The number of hydrogen-bond acceptors (Lipinski definition) is 5. The van der Waals surface area contributed by atoms with Crippen molar-refractivity contribution in [1.29, 1.82) is 0 Å². The Morgan fingerprint density at radius 1 is 0.508 bits per heavy atom. The van der Waals surface area contributed by atoms with Crippen LogP contribution in [-0.2, 0) is 10.3 Å². The predicted octanol–water partition coefficient (Wildman–Crippen LogP) is 18.3. The van der Waals surface area contributed by atoms with E-state index in [9.17, 15) is 4.79 Å². The molecule has 350 valence electrons. The Morgan fingerprint density at radius 3 is 1.40 bits per heavy atom. The predicted molar refractivity (Wildman–Crippen MR) is 271 cm³/mol. The van der Waals surface area contributed by atoms with Gasteiger partial charge in [-0.15, -0.1) is 0 Å². The normalized spacial score (nSPS) is 15.0. The maximum atomic E-state index is 13.5. The summed E-state index contributed by atoms with van der Waals surface area (Å²) in [7, 11) is 1.85. The minimum absolute atomic E-state index is 0.317. The Morgan fingerprint density at radius 2 is 0.937 bits per heavy atom. The lowest BCUT2D eigenvalue weighted by Crippen LogP contribution is -2.33. The van der Waals surface area contributed by atoms with E-state index in [1.165, 1.54) is 211 Å². The molecule has 0 radical (unpaired) electrons. The van der Waals surface area contributed by atoms with Crippen LogP contribution in [0.2, 0.25) is 5.02 Å². The minimum Gasteiger partial charge on any atom is -0.456 e. The van der Waals surface area contributed by atoms with Gasteiger partial charge in [0.15, 0.2) is 5.60 Å². The van der Waals surface area contributed by atoms with E-state index in [2.05, 4.69) is 42.3 Å². The van der Waals surface area contributed by atoms with Gasteiger partial charge in [0.25, 0.3) is 0 Å². The zero-order valence-corrected chi connectivity index (χ0v) is 41.0. The van der Waals surface area contributed by atoms with Crippen molar-refractivity contribution in [3.05, 3.63) is 81.9 Å². The molecule has 63 heavy (non-hydrogen) atoms. The highest BCUT2D eigenvalue weighted by Gasteiger charge is 2.53. The first-order chi connectivity index (χ1) is 31.0. The van der Waals surface area contributed by atoms with Crippen LogP contribution in [0.4, 0.5) is 11.4 Å². The summed E-state index contributed by atoms with van der Waals surface area (Å²) in [5.41, 5.74) is 3.90. The maximum Gasteiger partial charge on any atom is 0.340 e. The summed E-state index contributed by atoms with van der Waals surface area (Å²) in [6.07, 6.45) is 44.1. The van der Waals surface area contributed by atoms with Gasteiger partial charge in [0, 0.05) is 54.6 Å². The molecule has 1 N–H and O–H groups in total. The number of ether oxygens (including phenoxy) is 2. The summed E-state index contributed by atoms with van der Waals surface area (Å²) in [5.74, 6) is 1.03. The summed E-state index contributed by atoms with van der Waals surface area (Å²) in [6.45, 7) is 6.67. The van der Waals surface area contributed by atoms with E-state index in [0.717, 1.165) is 41.2 Å². The third kappa shape index (κ3) is 15.7. The van der Waals surface area contributed by atoms with Crippen LogP contribution in [0.5, 0.6) is 11.5 Å². The standard InChI is InChI=1S/C57H87ClN2O3/c1-4-6-8-10-12-14-16-18-20-22-24-26-28-30-32-36-42-60(43-37-33-31-29-27-25-23-21-19-17-15-13-11-9-7-5-2)47-40-41-50-54(44-47)62-55-46-52(58)53(59-3)45-51(55)57(50)49-39-35-34-38-48(49)56(61)63-57/h34-35,38-41,44-46,59H,4-33,36-37,42-43H2,1-3H3. The lowest BCUT2D eigenvalue weighted by atomic mass is 9.77. The third-order valence-electron chi connectivity index (χ3n) is 14.0. The van der Waals surface area contributed by atoms with Crippen LogP contribution in [0.1, 0.15) is 246 Å². The summed E-state index contributed by atoms with van der Waals surface area (Å²) >= 11 is 6.75. The molecule has 0 saturated carbocycles. The molecule has 5 nitrogen and oxygen atoms in total. The molecule has 1 atom stereocenters. The number of benzene rings is 3. The Hall–Kier alpha value is -3.18. The van der Waals surface area contributed by atoms with Crippen LogP contribution >= 0.6 is 11.6 Å². The van der Waals surface area contributed by atoms with Crippen LogP contribution in [0.3, 0.4) is 0 Å². The largest absolute Gasteiger partial charge is 0.456 e. The number of fused-ring (bicyclic) bond motifs is 6. The van der Waals surface area contributed by atoms with Gasteiger partial charge in [0.1, 0.15) is 11.5 Å². The van der Waals surface area contributed by atoms with E-state index in [1.807, 2.05) is 43.4 Å². The molecule has 0 fully saturated rings. The van der Waals surface area contributed by atoms with Gasteiger partial charge in [-0.05, 0) is 37.1 Å². The number of nitrogens with zero attached hydrogens (tertiary/aromatic N) is 1. The van der Waals surface area contributed by atoms with Gasteiger partial charge < -0.3 is 19.7 Å². The first-order valence-corrected chi connectivity index (χ1v) is 26.8. The number of carbonyl (C=O) groups excluding carboxylic acids is 1. The molecule has 2 aliphatic heterocycles. The van der Waals surface area contributed by atoms with Crippen molar-refractivity contribution in [1.82, 2.24) is 0 Å². The first-order valence-electron chi connectivity index (χ1n) is 26.4. The van der Waals surface area contributed by atoms with Crippen molar-refractivity contribution in [3.63, 3.8) is 0 Å². The molecule has 3 aromatic carbocycles. The molecule has 5 rings (SSSR count). The van der Waals surface area contributed by atoms with Crippen molar-refractivity contribution >= 4 is 28.9 Å². The van der Waals surface area contributed by atoms with E-state index in [0.29, 0.717) is 16.3 Å². The molecule has 2 aliphatic rings. The quantitative estimate of drug-likeness (QED) is 0.0466. The molecule has 0 aliphatic carbocycles. The molecule has 6 heteroatoms. The summed E-state index contributed by atoms with van der Waals surface area (Å²) in [6, 6.07) is 18.2. The molecule has 1 spiro atoms. The smallest absolute Gasteiger partial charge is 0.340 e. The number of carbonyl (C=O) groups is 1. The average Bonchev–Trinajstić information content (AvgIpc) is 3.59.